The van der Waals surface area contributed by atoms with E-state index in [-0.39, 0.29) is 5.92 Å². The van der Waals surface area contributed by atoms with Gasteiger partial charge >= 0.3 is 0 Å². The lowest BCUT2D eigenvalue weighted by molar-refractivity contribution is 0.316. The van der Waals surface area contributed by atoms with Crippen molar-refractivity contribution in [2.75, 3.05) is 0 Å². The van der Waals surface area contributed by atoms with Gasteiger partial charge in [0.05, 0.1) is 5.71 Å². The van der Waals surface area contributed by atoms with Gasteiger partial charge in [0.2, 0.25) is 0 Å². The number of rotatable bonds is 6. The summed E-state index contributed by atoms with van der Waals surface area (Å²) in [5.74, 6) is 0.124. The zero-order valence-electron chi connectivity index (χ0n) is 14.6. The summed E-state index contributed by atoms with van der Waals surface area (Å²) in [5, 5.41) is 13.2. The van der Waals surface area contributed by atoms with Gasteiger partial charge in [0.25, 0.3) is 0 Å². The van der Waals surface area contributed by atoms with Crippen LogP contribution in [0.4, 0.5) is 0 Å². The molecule has 0 radical (unpaired) electrons. The third-order valence-corrected chi connectivity index (χ3v) is 5.06. The van der Waals surface area contributed by atoms with Crippen LogP contribution in [0.2, 0.25) is 0 Å². The number of benzene rings is 2. The minimum atomic E-state index is 0.124. The summed E-state index contributed by atoms with van der Waals surface area (Å²) in [6, 6.07) is 22.5. The summed E-state index contributed by atoms with van der Waals surface area (Å²) >= 11 is 3.50. The highest BCUT2D eigenvalue weighted by molar-refractivity contribution is 9.10. The molecule has 1 aromatic heterocycles. The van der Waals surface area contributed by atoms with Gasteiger partial charge in [-0.25, -0.2) is 0 Å². The van der Waals surface area contributed by atoms with E-state index in [1.807, 2.05) is 24.3 Å². The van der Waals surface area contributed by atoms with Gasteiger partial charge in [-0.1, -0.05) is 63.6 Å². The molecule has 0 fully saturated rings. The van der Waals surface area contributed by atoms with Gasteiger partial charge in [-0.2, -0.15) is 0 Å². The summed E-state index contributed by atoms with van der Waals surface area (Å²) in [6.07, 6.45) is 2.94. The predicted octanol–water partition coefficient (Wildman–Crippen LogP) is 5.75. The smallest absolute Gasteiger partial charge is 0.0639 e. The SMILES string of the molecule is Cc1ccccc1C(CC(Cc1ccccn1)=NO)c1ccc(Br)cc1. The van der Waals surface area contributed by atoms with Gasteiger partial charge in [0.15, 0.2) is 0 Å². The summed E-state index contributed by atoms with van der Waals surface area (Å²) < 4.78 is 1.05. The standard InChI is InChI=1S/C22H21BrN2O/c1-16-6-2-3-8-21(16)22(17-9-11-18(23)12-10-17)15-20(25-26)14-19-7-4-5-13-24-19/h2-13,22,26H,14-15H2,1H3. The molecule has 3 aromatic rings. The van der Waals surface area contributed by atoms with E-state index in [4.69, 9.17) is 0 Å². The van der Waals surface area contributed by atoms with Crippen LogP contribution >= 0.6 is 15.9 Å². The van der Waals surface area contributed by atoms with E-state index < -0.39 is 0 Å². The quantitative estimate of drug-likeness (QED) is 0.320. The van der Waals surface area contributed by atoms with Crippen LogP contribution in [0.15, 0.2) is 82.6 Å². The fraction of sp³-hybridized carbons (Fsp3) is 0.182. The summed E-state index contributed by atoms with van der Waals surface area (Å²) in [7, 11) is 0. The molecule has 1 heterocycles. The Bertz CT molecular complexity index is 876. The molecule has 3 rings (SSSR count). The Morgan fingerprint density at radius 3 is 2.42 bits per heavy atom. The lowest BCUT2D eigenvalue weighted by Crippen LogP contribution is -2.13. The summed E-state index contributed by atoms with van der Waals surface area (Å²) in [6.45, 7) is 2.12. The van der Waals surface area contributed by atoms with E-state index in [2.05, 4.69) is 75.5 Å². The number of hydrogen-bond acceptors (Lipinski definition) is 3. The van der Waals surface area contributed by atoms with Crippen molar-refractivity contribution in [2.45, 2.75) is 25.7 Å². The molecule has 1 unspecified atom stereocenters. The lowest BCUT2D eigenvalue weighted by atomic mass is 9.84. The highest BCUT2D eigenvalue weighted by Crippen LogP contribution is 2.32. The van der Waals surface area contributed by atoms with Gasteiger partial charge in [-0.05, 0) is 47.9 Å². The number of aryl methyl sites for hydroxylation is 1. The van der Waals surface area contributed by atoms with Crippen molar-refractivity contribution >= 4 is 21.6 Å². The van der Waals surface area contributed by atoms with Crippen LogP contribution in [0.3, 0.4) is 0 Å². The molecule has 1 atom stereocenters. The van der Waals surface area contributed by atoms with Crippen molar-refractivity contribution in [3.05, 3.63) is 99.8 Å². The topological polar surface area (TPSA) is 45.5 Å². The third kappa shape index (κ3) is 4.58. The van der Waals surface area contributed by atoms with E-state index >= 15 is 0 Å². The molecule has 0 saturated carbocycles. The fourth-order valence-corrected chi connectivity index (χ4v) is 3.44. The van der Waals surface area contributed by atoms with Crippen molar-refractivity contribution in [1.82, 2.24) is 4.98 Å². The number of halogens is 1. The number of aromatic nitrogens is 1. The van der Waals surface area contributed by atoms with Gasteiger partial charge < -0.3 is 5.21 Å². The highest BCUT2D eigenvalue weighted by atomic mass is 79.9. The molecule has 4 heteroatoms. The van der Waals surface area contributed by atoms with Crippen LogP contribution in [0.25, 0.3) is 0 Å². The molecular weight excluding hydrogens is 388 g/mol. The second kappa shape index (κ2) is 8.77. The van der Waals surface area contributed by atoms with Crippen LogP contribution in [0.1, 0.15) is 34.7 Å². The van der Waals surface area contributed by atoms with Crippen molar-refractivity contribution < 1.29 is 5.21 Å². The maximum atomic E-state index is 9.60. The first kappa shape index (κ1) is 18.3. The average molecular weight is 409 g/mol. The van der Waals surface area contributed by atoms with Gasteiger partial charge in [0, 0.05) is 35.1 Å². The lowest BCUT2D eigenvalue weighted by Gasteiger charge is -2.21. The van der Waals surface area contributed by atoms with E-state index in [0.29, 0.717) is 12.8 Å². The maximum Gasteiger partial charge on any atom is 0.0639 e. The Morgan fingerprint density at radius 1 is 1.04 bits per heavy atom. The van der Waals surface area contributed by atoms with Crippen molar-refractivity contribution in [3.63, 3.8) is 0 Å². The Labute approximate surface area is 162 Å². The van der Waals surface area contributed by atoms with Crippen molar-refractivity contribution in [2.24, 2.45) is 5.16 Å². The molecule has 0 aliphatic carbocycles. The van der Waals surface area contributed by atoms with Crippen molar-refractivity contribution in [1.29, 1.82) is 0 Å². The van der Waals surface area contributed by atoms with Gasteiger partial charge in [-0.3, -0.25) is 4.98 Å². The molecule has 1 N–H and O–H groups in total. The Hall–Kier alpha value is -2.46. The minimum Gasteiger partial charge on any atom is -0.411 e. The maximum absolute atomic E-state index is 9.60. The molecule has 0 bridgehead atoms. The van der Waals surface area contributed by atoms with E-state index in [0.717, 1.165) is 15.9 Å². The monoisotopic (exact) mass is 408 g/mol. The van der Waals surface area contributed by atoms with E-state index in [9.17, 15) is 5.21 Å². The normalized spacial score (nSPS) is 12.8. The van der Waals surface area contributed by atoms with Crippen LogP contribution in [-0.2, 0) is 6.42 Å². The van der Waals surface area contributed by atoms with E-state index in [1.165, 1.54) is 16.7 Å². The van der Waals surface area contributed by atoms with Crippen LogP contribution < -0.4 is 0 Å². The molecule has 26 heavy (non-hydrogen) atoms. The molecule has 0 aliphatic rings. The van der Waals surface area contributed by atoms with Gasteiger partial charge in [-0.15, -0.1) is 0 Å². The zero-order valence-corrected chi connectivity index (χ0v) is 16.2. The van der Waals surface area contributed by atoms with Gasteiger partial charge in [0.1, 0.15) is 0 Å². The third-order valence-electron chi connectivity index (χ3n) is 4.53. The van der Waals surface area contributed by atoms with Crippen LogP contribution in [0, 0.1) is 6.92 Å². The number of hydrogen-bond donors (Lipinski definition) is 1. The van der Waals surface area contributed by atoms with Crippen molar-refractivity contribution in [3.8, 4) is 0 Å². The second-order valence-corrected chi connectivity index (χ2v) is 7.24. The first-order chi connectivity index (χ1) is 12.7. The molecule has 3 nitrogen and oxygen atoms in total. The number of nitrogens with zero attached hydrogens (tertiary/aromatic N) is 2. The number of pyridine rings is 1. The summed E-state index contributed by atoms with van der Waals surface area (Å²) in [5.41, 5.74) is 5.30. The number of oxime groups is 1. The molecule has 132 valence electrons. The fourth-order valence-electron chi connectivity index (χ4n) is 3.18. The molecule has 0 aliphatic heterocycles. The van der Waals surface area contributed by atoms with Crippen LogP contribution in [-0.4, -0.2) is 15.9 Å². The van der Waals surface area contributed by atoms with E-state index in [1.54, 1.807) is 6.20 Å². The molecule has 0 saturated heterocycles. The molecule has 0 spiro atoms. The first-order valence-electron chi connectivity index (χ1n) is 8.58. The van der Waals surface area contributed by atoms with Crippen LogP contribution in [0.5, 0.6) is 0 Å². The Kier molecular flexibility index (Phi) is 6.18. The average Bonchev–Trinajstić information content (AvgIpc) is 2.67. The molecule has 2 aromatic carbocycles. The highest BCUT2D eigenvalue weighted by Gasteiger charge is 2.19. The first-order valence-corrected chi connectivity index (χ1v) is 9.37. The molecule has 0 amide bonds. The summed E-state index contributed by atoms with van der Waals surface area (Å²) in [4.78, 5) is 4.35. The Balaban J connectivity index is 1.92. The Morgan fingerprint density at radius 2 is 1.77 bits per heavy atom. The predicted molar refractivity (Wildman–Crippen MR) is 109 cm³/mol. The largest absolute Gasteiger partial charge is 0.411 e. The minimum absolute atomic E-state index is 0.124. The zero-order chi connectivity index (χ0) is 18.4. The molecular formula is C22H21BrN2O. The second-order valence-electron chi connectivity index (χ2n) is 6.33.